The van der Waals surface area contributed by atoms with Crippen molar-refractivity contribution in [2.45, 2.75) is 11.8 Å². The smallest absolute Gasteiger partial charge is 0.262 e. The zero-order valence-corrected chi connectivity index (χ0v) is 12.9. The summed E-state index contributed by atoms with van der Waals surface area (Å²) in [5.41, 5.74) is 6.72. The molecule has 0 radical (unpaired) electrons. The average molecular weight is 331 g/mol. The van der Waals surface area contributed by atoms with Crippen LogP contribution in [-0.4, -0.2) is 8.42 Å². The van der Waals surface area contributed by atoms with Crippen molar-refractivity contribution < 1.29 is 8.42 Å². The highest BCUT2D eigenvalue weighted by molar-refractivity contribution is 7.92. The predicted octanol–water partition coefficient (Wildman–Crippen LogP) is 3.68. The van der Waals surface area contributed by atoms with Crippen molar-refractivity contribution in [2.24, 2.45) is 0 Å². The number of nitrogens with one attached hydrogen (secondary N) is 1. The van der Waals surface area contributed by atoms with Gasteiger partial charge in [-0.1, -0.05) is 35.3 Å². The lowest BCUT2D eigenvalue weighted by molar-refractivity contribution is 0.600. The fourth-order valence-electron chi connectivity index (χ4n) is 1.69. The summed E-state index contributed by atoms with van der Waals surface area (Å²) in [6, 6.07) is 9.40. The third-order valence-corrected chi connectivity index (χ3v) is 4.82. The van der Waals surface area contributed by atoms with Crippen LogP contribution in [0, 0.1) is 6.92 Å². The van der Waals surface area contributed by atoms with Gasteiger partial charge in [-0.05, 0) is 36.8 Å². The number of nitrogen functional groups attached to an aromatic ring is 1. The quantitative estimate of drug-likeness (QED) is 0.843. The van der Waals surface area contributed by atoms with E-state index in [4.69, 9.17) is 28.9 Å². The van der Waals surface area contributed by atoms with Gasteiger partial charge in [0, 0.05) is 5.69 Å². The Morgan fingerprint density at radius 1 is 1.10 bits per heavy atom. The van der Waals surface area contributed by atoms with E-state index in [-0.39, 0.29) is 20.6 Å². The first-order valence-electron chi connectivity index (χ1n) is 5.64. The summed E-state index contributed by atoms with van der Waals surface area (Å²) < 4.78 is 27.2. The summed E-state index contributed by atoms with van der Waals surface area (Å²) in [5, 5.41) is 0.449. The number of benzene rings is 2. The molecule has 0 fully saturated rings. The van der Waals surface area contributed by atoms with E-state index in [1.165, 1.54) is 6.07 Å². The van der Waals surface area contributed by atoms with E-state index in [0.717, 1.165) is 0 Å². The number of sulfonamides is 1. The van der Waals surface area contributed by atoms with Crippen LogP contribution in [0.3, 0.4) is 0 Å². The number of hydrogen-bond donors (Lipinski definition) is 2. The Balaban J connectivity index is 2.49. The van der Waals surface area contributed by atoms with Crippen LogP contribution in [0.15, 0.2) is 41.3 Å². The summed E-state index contributed by atoms with van der Waals surface area (Å²) in [7, 11) is -3.81. The molecule has 0 aromatic heterocycles. The molecule has 0 aliphatic carbocycles. The first kappa shape index (κ1) is 15.0. The highest BCUT2D eigenvalue weighted by Gasteiger charge is 2.20. The zero-order chi connectivity index (χ0) is 14.9. The fourth-order valence-corrected chi connectivity index (χ4v) is 3.68. The van der Waals surface area contributed by atoms with Crippen molar-refractivity contribution in [1.29, 1.82) is 0 Å². The van der Waals surface area contributed by atoms with Gasteiger partial charge < -0.3 is 5.73 Å². The minimum Gasteiger partial charge on any atom is -0.399 e. The van der Waals surface area contributed by atoms with Crippen LogP contribution >= 0.6 is 23.2 Å². The van der Waals surface area contributed by atoms with Crippen LogP contribution in [0.5, 0.6) is 0 Å². The standard InChI is InChI=1S/C13H12Cl2N2O2S/c1-8-5-6-9(16)7-12(8)20(18,19)17-13-10(14)3-2-4-11(13)15/h2-7,17H,16H2,1H3. The second-order valence-electron chi connectivity index (χ2n) is 4.23. The van der Waals surface area contributed by atoms with Gasteiger partial charge in [0.15, 0.2) is 0 Å². The summed E-state index contributed by atoms with van der Waals surface area (Å²) in [6.45, 7) is 1.68. The lowest BCUT2D eigenvalue weighted by Gasteiger charge is -2.13. The monoisotopic (exact) mass is 330 g/mol. The molecule has 4 nitrogen and oxygen atoms in total. The minimum atomic E-state index is -3.81. The molecule has 0 atom stereocenters. The van der Waals surface area contributed by atoms with Gasteiger partial charge in [0.1, 0.15) is 0 Å². The number of halogens is 2. The van der Waals surface area contributed by atoms with Gasteiger partial charge in [-0.25, -0.2) is 8.42 Å². The van der Waals surface area contributed by atoms with Gasteiger partial charge in [-0.15, -0.1) is 0 Å². The molecule has 7 heteroatoms. The van der Waals surface area contributed by atoms with Crippen LogP contribution in [0.4, 0.5) is 11.4 Å². The Morgan fingerprint density at radius 3 is 2.30 bits per heavy atom. The van der Waals surface area contributed by atoms with E-state index in [0.29, 0.717) is 11.3 Å². The van der Waals surface area contributed by atoms with E-state index in [1.807, 2.05) is 0 Å². The average Bonchev–Trinajstić information content (AvgIpc) is 2.37. The highest BCUT2D eigenvalue weighted by atomic mass is 35.5. The lowest BCUT2D eigenvalue weighted by Crippen LogP contribution is -2.15. The Bertz CT molecular complexity index is 741. The van der Waals surface area contributed by atoms with E-state index in [1.54, 1.807) is 37.3 Å². The van der Waals surface area contributed by atoms with Crippen molar-refractivity contribution in [3.63, 3.8) is 0 Å². The molecule has 0 aliphatic rings. The molecule has 20 heavy (non-hydrogen) atoms. The maximum atomic E-state index is 12.4. The van der Waals surface area contributed by atoms with Crippen molar-refractivity contribution >= 4 is 44.6 Å². The summed E-state index contributed by atoms with van der Waals surface area (Å²) in [6.07, 6.45) is 0. The number of aryl methyl sites for hydroxylation is 1. The predicted molar refractivity (Wildman–Crippen MR) is 82.9 cm³/mol. The van der Waals surface area contributed by atoms with Crippen LogP contribution in [-0.2, 0) is 10.0 Å². The molecule has 0 aliphatic heterocycles. The molecule has 106 valence electrons. The Hall–Kier alpha value is -1.43. The van der Waals surface area contributed by atoms with E-state index < -0.39 is 10.0 Å². The van der Waals surface area contributed by atoms with Crippen LogP contribution in [0.1, 0.15) is 5.56 Å². The molecule has 2 rings (SSSR count). The van der Waals surface area contributed by atoms with Crippen molar-refractivity contribution in [3.8, 4) is 0 Å². The van der Waals surface area contributed by atoms with Crippen molar-refractivity contribution in [1.82, 2.24) is 0 Å². The van der Waals surface area contributed by atoms with Gasteiger partial charge in [-0.3, -0.25) is 4.72 Å². The molecular formula is C13H12Cl2N2O2S. The minimum absolute atomic E-state index is 0.0912. The first-order chi connectivity index (χ1) is 9.31. The van der Waals surface area contributed by atoms with Gasteiger partial charge in [0.25, 0.3) is 10.0 Å². The molecule has 0 saturated heterocycles. The van der Waals surface area contributed by atoms with Gasteiger partial charge in [-0.2, -0.15) is 0 Å². The molecule has 0 saturated carbocycles. The molecule has 0 spiro atoms. The second kappa shape index (κ2) is 5.52. The highest BCUT2D eigenvalue weighted by Crippen LogP contribution is 2.32. The first-order valence-corrected chi connectivity index (χ1v) is 7.88. The number of anilines is 2. The Labute approximate surface area is 127 Å². The Morgan fingerprint density at radius 2 is 1.70 bits per heavy atom. The maximum Gasteiger partial charge on any atom is 0.262 e. The lowest BCUT2D eigenvalue weighted by atomic mass is 10.2. The summed E-state index contributed by atoms with van der Waals surface area (Å²) >= 11 is 11.9. The van der Waals surface area contributed by atoms with Gasteiger partial charge in [0.2, 0.25) is 0 Å². The molecular weight excluding hydrogens is 319 g/mol. The number of para-hydroxylation sites is 1. The molecule has 2 aromatic carbocycles. The van der Waals surface area contributed by atoms with Crippen LogP contribution < -0.4 is 10.5 Å². The van der Waals surface area contributed by atoms with Crippen molar-refractivity contribution in [2.75, 3.05) is 10.5 Å². The normalized spacial score (nSPS) is 11.3. The van der Waals surface area contributed by atoms with Gasteiger partial charge >= 0.3 is 0 Å². The molecule has 0 unspecified atom stereocenters. The van der Waals surface area contributed by atoms with Gasteiger partial charge in [0.05, 0.1) is 20.6 Å². The molecule has 0 heterocycles. The molecule has 2 aromatic rings. The van der Waals surface area contributed by atoms with Crippen LogP contribution in [0.25, 0.3) is 0 Å². The third kappa shape index (κ3) is 3.00. The van der Waals surface area contributed by atoms with Crippen molar-refractivity contribution in [3.05, 3.63) is 52.0 Å². The number of hydrogen-bond acceptors (Lipinski definition) is 3. The molecule has 3 N–H and O–H groups in total. The number of nitrogens with two attached hydrogens (primary N) is 1. The maximum absolute atomic E-state index is 12.4. The second-order valence-corrected chi connectivity index (χ2v) is 6.69. The summed E-state index contributed by atoms with van der Waals surface area (Å²) in [5.74, 6) is 0. The zero-order valence-electron chi connectivity index (χ0n) is 10.5. The SMILES string of the molecule is Cc1ccc(N)cc1S(=O)(=O)Nc1c(Cl)cccc1Cl. The largest absolute Gasteiger partial charge is 0.399 e. The van der Waals surface area contributed by atoms with Crippen LogP contribution in [0.2, 0.25) is 10.0 Å². The Kier molecular flexibility index (Phi) is 4.13. The van der Waals surface area contributed by atoms with E-state index >= 15 is 0 Å². The van der Waals surface area contributed by atoms with E-state index in [2.05, 4.69) is 4.72 Å². The number of rotatable bonds is 3. The topological polar surface area (TPSA) is 72.2 Å². The molecule has 0 amide bonds. The fraction of sp³-hybridized carbons (Fsp3) is 0.0769. The summed E-state index contributed by atoms with van der Waals surface area (Å²) in [4.78, 5) is 0.0912. The molecule has 0 bridgehead atoms. The van der Waals surface area contributed by atoms with E-state index in [9.17, 15) is 8.42 Å². The third-order valence-electron chi connectivity index (χ3n) is 2.70.